The largest absolute Gasteiger partial charge is 0.411 e. The number of alkyl halides is 4. The highest BCUT2D eigenvalue weighted by Gasteiger charge is 2.27. The van der Waals surface area contributed by atoms with Crippen molar-refractivity contribution < 1.29 is 17.9 Å². The van der Waals surface area contributed by atoms with E-state index in [1.165, 1.54) is 5.56 Å². The zero-order chi connectivity index (χ0) is 14.3. The molecule has 1 unspecified atom stereocenters. The van der Waals surface area contributed by atoms with Crippen LogP contribution in [0.1, 0.15) is 24.3 Å². The summed E-state index contributed by atoms with van der Waals surface area (Å²) >= 11 is 6.85. The van der Waals surface area contributed by atoms with Crippen molar-refractivity contribution in [1.82, 2.24) is 0 Å². The first-order chi connectivity index (χ1) is 8.92. The minimum absolute atomic E-state index is 0.136. The summed E-state index contributed by atoms with van der Waals surface area (Å²) in [6.45, 7) is -1.03. The number of rotatable bonds is 7. The smallest absolute Gasteiger partial charge is 0.372 e. The van der Waals surface area contributed by atoms with Crippen LogP contribution in [-0.4, -0.2) is 24.7 Å². The van der Waals surface area contributed by atoms with Gasteiger partial charge in [-0.15, -0.1) is 0 Å². The number of hydrogen-bond acceptors (Lipinski definition) is 1. The van der Waals surface area contributed by atoms with E-state index in [-0.39, 0.29) is 12.5 Å². The van der Waals surface area contributed by atoms with Gasteiger partial charge in [0, 0.05) is 16.4 Å². The standard InChI is InChI=1S/C13H15Br2F3O/c14-8-11(10-3-1-5-12(15)7-10)4-2-6-19-9-13(16,17)18/h1,3,5,7,11H,2,4,6,8-9H2. The lowest BCUT2D eigenvalue weighted by Crippen LogP contribution is -2.17. The van der Waals surface area contributed by atoms with Crippen molar-refractivity contribution >= 4 is 31.9 Å². The Morgan fingerprint density at radius 1 is 1.26 bits per heavy atom. The van der Waals surface area contributed by atoms with Crippen LogP contribution in [0.3, 0.4) is 0 Å². The lowest BCUT2D eigenvalue weighted by atomic mass is 9.96. The van der Waals surface area contributed by atoms with Crippen LogP contribution in [0.15, 0.2) is 28.7 Å². The van der Waals surface area contributed by atoms with Gasteiger partial charge >= 0.3 is 6.18 Å². The van der Waals surface area contributed by atoms with Crippen molar-refractivity contribution in [1.29, 1.82) is 0 Å². The fourth-order valence-electron chi connectivity index (χ4n) is 1.71. The molecular weight excluding hydrogens is 389 g/mol. The predicted molar refractivity (Wildman–Crippen MR) is 76.8 cm³/mol. The summed E-state index contributed by atoms with van der Waals surface area (Å²) in [5.74, 6) is 0.284. The van der Waals surface area contributed by atoms with Crippen LogP contribution >= 0.6 is 31.9 Å². The molecule has 0 radical (unpaired) electrons. The lowest BCUT2D eigenvalue weighted by molar-refractivity contribution is -0.174. The first-order valence-electron chi connectivity index (χ1n) is 5.88. The second-order valence-corrected chi connectivity index (χ2v) is 5.78. The predicted octanol–water partition coefficient (Wildman–Crippen LogP) is 5.29. The number of benzene rings is 1. The van der Waals surface area contributed by atoms with E-state index in [0.29, 0.717) is 6.42 Å². The summed E-state index contributed by atoms with van der Waals surface area (Å²) in [5, 5.41) is 0.780. The van der Waals surface area contributed by atoms with Crippen LogP contribution in [0.2, 0.25) is 0 Å². The van der Waals surface area contributed by atoms with Gasteiger partial charge in [0.05, 0.1) is 0 Å². The molecule has 0 aliphatic rings. The third kappa shape index (κ3) is 7.32. The average molecular weight is 404 g/mol. The van der Waals surface area contributed by atoms with E-state index in [1.54, 1.807) is 0 Å². The molecule has 19 heavy (non-hydrogen) atoms. The van der Waals surface area contributed by atoms with Crippen molar-refractivity contribution in [3.05, 3.63) is 34.3 Å². The highest BCUT2D eigenvalue weighted by atomic mass is 79.9. The third-order valence-corrected chi connectivity index (χ3v) is 3.89. The molecule has 0 aromatic heterocycles. The molecule has 1 aromatic carbocycles. The molecule has 1 atom stereocenters. The molecule has 0 N–H and O–H groups in total. The van der Waals surface area contributed by atoms with Gasteiger partial charge in [-0.1, -0.05) is 44.0 Å². The maximum absolute atomic E-state index is 11.9. The third-order valence-electron chi connectivity index (χ3n) is 2.61. The quantitative estimate of drug-likeness (QED) is 0.444. The monoisotopic (exact) mass is 402 g/mol. The molecule has 0 spiro atoms. The van der Waals surface area contributed by atoms with Crippen molar-refractivity contribution in [2.45, 2.75) is 24.9 Å². The first-order valence-corrected chi connectivity index (χ1v) is 7.80. The Labute approximate surface area is 127 Å². The second kappa shape index (κ2) is 8.27. The SMILES string of the molecule is FC(F)(F)COCCCC(CBr)c1cccc(Br)c1. The molecule has 0 saturated heterocycles. The molecule has 0 heterocycles. The van der Waals surface area contributed by atoms with Crippen LogP contribution in [0.4, 0.5) is 13.2 Å². The molecule has 108 valence electrons. The molecule has 0 bridgehead atoms. The molecule has 0 aliphatic heterocycles. The van der Waals surface area contributed by atoms with Crippen LogP contribution in [0.25, 0.3) is 0 Å². The summed E-state index contributed by atoms with van der Waals surface area (Å²) in [6, 6.07) is 7.95. The number of hydrogen-bond donors (Lipinski definition) is 0. The minimum atomic E-state index is -4.24. The normalized spacial score (nSPS) is 13.5. The summed E-state index contributed by atoms with van der Waals surface area (Å²) in [6.07, 6.45) is -2.84. The molecule has 0 fully saturated rings. The van der Waals surface area contributed by atoms with E-state index in [2.05, 4.69) is 36.6 Å². The van der Waals surface area contributed by atoms with Crippen molar-refractivity contribution in [3.63, 3.8) is 0 Å². The van der Waals surface area contributed by atoms with Gasteiger partial charge in [0.2, 0.25) is 0 Å². The molecule has 0 amide bonds. The van der Waals surface area contributed by atoms with E-state index in [9.17, 15) is 13.2 Å². The Morgan fingerprint density at radius 3 is 2.58 bits per heavy atom. The van der Waals surface area contributed by atoms with Gasteiger partial charge in [0.15, 0.2) is 0 Å². The Bertz CT molecular complexity index is 382. The summed E-state index contributed by atoms with van der Waals surface area (Å²) in [5.41, 5.74) is 1.17. The molecule has 1 aromatic rings. The zero-order valence-electron chi connectivity index (χ0n) is 10.2. The van der Waals surface area contributed by atoms with Gasteiger partial charge in [0.25, 0.3) is 0 Å². The minimum Gasteiger partial charge on any atom is -0.372 e. The van der Waals surface area contributed by atoms with E-state index >= 15 is 0 Å². The molecule has 1 nitrogen and oxygen atoms in total. The summed E-state index contributed by atoms with van der Waals surface area (Å²) < 4.78 is 41.2. The van der Waals surface area contributed by atoms with Gasteiger partial charge in [-0.3, -0.25) is 0 Å². The number of ether oxygens (including phenoxy) is 1. The van der Waals surface area contributed by atoms with E-state index < -0.39 is 12.8 Å². The first kappa shape index (κ1) is 17.0. The summed E-state index contributed by atoms with van der Waals surface area (Å²) in [4.78, 5) is 0. The Kier molecular flexibility index (Phi) is 7.39. The fourth-order valence-corrected chi connectivity index (χ4v) is 2.83. The maximum atomic E-state index is 11.9. The van der Waals surface area contributed by atoms with Gasteiger partial charge < -0.3 is 4.74 Å². The van der Waals surface area contributed by atoms with Gasteiger partial charge in [-0.05, 0) is 36.5 Å². The Hall–Kier alpha value is -0.0700. The molecular formula is C13H15Br2F3O. The highest BCUT2D eigenvalue weighted by molar-refractivity contribution is 9.10. The van der Waals surface area contributed by atoms with Crippen molar-refractivity contribution in [2.75, 3.05) is 18.5 Å². The second-order valence-electron chi connectivity index (χ2n) is 4.22. The van der Waals surface area contributed by atoms with Gasteiger partial charge in [-0.2, -0.15) is 13.2 Å². The molecule has 0 aliphatic carbocycles. The van der Waals surface area contributed by atoms with Crippen molar-refractivity contribution in [2.24, 2.45) is 0 Å². The topological polar surface area (TPSA) is 9.23 Å². The maximum Gasteiger partial charge on any atom is 0.411 e. The van der Waals surface area contributed by atoms with E-state index in [4.69, 9.17) is 0 Å². The zero-order valence-corrected chi connectivity index (χ0v) is 13.4. The number of halogens is 5. The fraction of sp³-hybridized carbons (Fsp3) is 0.538. The Morgan fingerprint density at radius 2 is 2.00 bits per heavy atom. The van der Waals surface area contributed by atoms with E-state index in [0.717, 1.165) is 16.2 Å². The van der Waals surface area contributed by atoms with E-state index in [1.807, 2.05) is 24.3 Å². The summed E-state index contributed by atoms with van der Waals surface area (Å²) in [7, 11) is 0. The molecule has 1 rings (SSSR count). The highest BCUT2D eigenvalue weighted by Crippen LogP contribution is 2.26. The van der Waals surface area contributed by atoms with Crippen molar-refractivity contribution in [3.8, 4) is 0 Å². The van der Waals surface area contributed by atoms with Gasteiger partial charge in [0.1, 0.15) is 6.61 Å². The van der Waals surface area contributed by atoms with Crippen LogP contribution in [-0.2, 0) is 4.74 Å². The van der Waals surface area contributed by atoms with Gasteiger partial charge in [-0.25, -0.2) is 0 Å². The average Bonchev–Trinajstić information content (AvgIpc) is 2.32. The Balaban J connectivity index is 2.34. The van der Waals surface area contributed by atoms with Crippen LogP contribution in [0.5, 0.6) is 0 Å². The van der Waals surface area contributed by atoms with Crippen LogP contribution < -0.4 is 0 Å². The lowest BCUT2D eigenvalue weighted by Gasteiger charge is -2.15. The molecule has 6 heteroatoms. The van der Waals surface area contributed by atoms with Crippen LogP contribution in [0, 0.1) is 0 Å². The molecule has 0 saturated carbocycles.